The predicted molar refractivity (Wildman–Crippen MR) is 80.7 cm³/mol. The molecule has 4 nitrogen and oxygen atoms in total. The average Bonchev–Trinajstić information content (AvgIpc) is 2.45. The number of benzene rings is 2. The van der Waals surface area contributed by atoms with E-state index in [1.807, 2.05) is 0 Å². The molecular weight excluding hydrogens is 315 g/mol. The van der Waals surface area contributed by atoms with Crippen molar-refractivity contribution in [3.8, 4) is 17.2 Å². The highest BCUT2D eigenvalue weighted by Crippen LogP contribution is 2.38. The third kappa shape index (κ3) is 3.80. The van der Waals surface area contributed by atoms with Crippen LogP contribution in [0.3, 0.4) is 0 Å². The molecule has 0 heterocycles. The van der Waals surface area contributed by atoms with Gasteiger partial charge in [0.05, 0.1) is 5.02 Å². The van der Waals surface area contributed by atoms with E-state index in [0.717, 1.165) is 0 Å². The van der Waals surface area contributed by atoms with E-state index in [2.05, 4.69) is 0 Å². The van der Waals surface area contributed by atoms with Crippen LogP contribution in [0.15, 0.2) is 42.5 Å². The fourth-order valence-corrected chi connectivity index (χ4v) is 1.88. The fraction of sp³-hybridized carbons (Fsp3) is 0.133. The first-order valence-corrected chi connectivity index (χ1v) is 6.85. The van der Waals surface area contributed by atoms with E-state index in [9.17, 15) is 4.79 Å². The van der Waals surface area contributed by atoms with Gasteiger partial charge < -0.3 is 14.6 Å². The molecule has 2 aromatic carbocycles. The summed E-state index contributed by atoms with van der Waals surface area (Å²) in [5.74, 6) is -0.0352. The minimum absolute atomic E-state index is 0.278. The van der Waals surface area contributed by atoms with Crippen molar-refractivity contribution in [2.24, 2.45) is 0 Å². The van der Waals surface area contributed by atoms with Crippen molar-refractivity contribution >= 4 is 29.2 Å². The molecule has 1 N–H and O–H groups in total. The van der Waals surface area contributed by atoms with E-state index >= 15 is 0 Å². The van der Waals surface area contributed by atoms with Gasteiger partial charge in [0, 0.05) is 0 Å². The maximum absolute atomic E-state index is 10.9. The van der Waals surface area contributed by atoms with Crippen LogP contribution in [0, 0.1) is 0 Å². The molecule has 2 aromatic rings. The van der Waals surface area contributed by atoms with Crippen molar-refractivity contribution in [1.82, 2.24) is 0 Å². The number of carboxylic acid groups (broad SMARTS) is 1. The Hall–Kier alpha value is -1.91. The molecule has 1 atom stereocenters. The molecule has 0 spiro atoms. The van der Waals surface area contributed by atoms with Crippen LogP contribution in [0.1, 0.15) is 6.92 Å². The summed E-state index contributed by atoms with van der Waals surface area (Å²) in [6.45, 7) is 1.44. The second-order valence-corrected chi connectivity index (χ2v) is 4.98. The number of carboxylic acids is 1. The Morgan fingerprint density at radius 3 is 2.33 bits per heavy atom. The monoisotopic (exact) mass is 326 g/mol. The molecule has 0 saturated carbocycles. The SMILES string of the molecule is CC(Oc1ccccc1Oc1cccc(Cl)c1Cl)C(=O)O. The first-order valence-electron chi connectivity index (χ1n) is 6.09. The number of para-hydroxylation sites is 2. The molecular formula is C15H12Cl2O4. The normalized spacial score (nSPS) is 11.8. The zero-order valence-electron chi connectivity index (χ0n) is 11.0. The second-order valence-electron chi connectivity index (χ2n) is 4.20. The minimum atomic E-state index is -1.06. The average molecular weight is 327 g/mol. The molecule has 110 valence electrons. The Bertz CT molecular complexity index is 658. The van der Waals surface area contributed by atoms with Crippen molar-refractivity contribution in [2.45, 2.75) is 13.0 Å². The van der Waals surface area contributed by atoms with Gasteiger partial charge in [-0.1, -0.05) is 41.4 Å². The van der Waals surface area contributed by atoms with Crippen molar-refractivity contribution in [1.29, 1.82) is 0 Å². The molecule has 0 aliphatic carbocycles. The van der Waals surface area contributed by atoms with Crippen LogP contribution in [0.5, 0.6) is 17.2 Å². The van der Waals surface area contributed by atoms with E-state index in [1.54, 1.807) is 42.5 Å². The van der Waals surface area contributed by atoms with Crippen molar-refractivity contribution < 1.29 is 19.4 Å². The van der Waals surface area contributed by atoms with Gasteiger partial charge in [0.1, 0.15) is 10.8 Å². The number of ether oxygens (including phenoxy) is 2. The standard InChI is InChI=1S/C15H12Cl2O4/c1-9(15(18)19)20-11-6-2-3-7-12(11)21-13-8-4-5-10(16)14(13)17/h2-9H,1H3,(H,18,19). The molecule has 2 rings (SSSR count). The highest BCUT2D eigenvalue weighted by molar-refractivity contribution is 6.42. The third-order valence-corrected chi connectivity index (χ3v) is 3.44. The van der Waals surface area contributed by atoms with Crippen LogP contribution in [0.2, 0.25) is 10.0 Å². The molecule has 0 radical (unpaired) electrons. The lowest BCUT2D eigenvalue weighted by Gasteiger charge is -2.15. The lowest BCUT2D eigenvalue weighted by atomic mass is 10.3. The number of rotatable bonds is 5. The Morgan fingerprint density at radius 2 is 1.67 bits per heavy atom. The molecule has 0 aliphatic heterocycles. The first-order chi connectivity index (χ1) is 9.99. The zero-order valence-corrected chi connectivity index (χ0v) is 12.6. The summed E-state index contributed by atoms with van der Waals surface area (Å²) in [7, 11) is 0. The van der Waals surface area contributed by atoms with Crippen LogP contribution in [-0.4, -0.2) is 17.2 Å². The van der Waals surface area contributed by atoms with Crippen molar-refractivity contribution in [2.75, 3.05) is 0 Å². The largest absolute Gasteiger partial charge is 0.479 e. The van der Waals surface area contributed by atoms with Crippen LogP contribution < -0.4 is 9.47 Å². The molecule has 0 amide bonds. The van der Waals surface area contributed by atoms with Gasteiger partial charge in [-0.15, -0.1) is 0 Å². The topological polar surface area (TPSA) is 55.8 Å². The van der Waals surface area contributed by atoms with Crippen molar-refractivity contribution in [3.05, 3.63) is 52.5 Å². The second kappa shape index (κ2) is 6.70. The molecule has 1 unspecified atom stereocenters. The number of carbonyl (C=O) groups is 1. The molecule has 0 fully saturated rings. The summed E-state index contributed by atoms with van der Waals surface area (Å²) >= 11 is 12.0. The molecule has 0 saturated heterocycles. The van der Waals surface area contributed by atoms with Crippen LogP contribution >= 0.6 is 23.2 Å². The summed E-state index contributed by atoms with van der Waals surface area (Å²) in [4.78, 5) is 10.9. The van der Waals surface area contributed by atoms with Crippen molar-refractivity contribution in [3.63, 3.8) is 0 Å². The van der Waals surface area contributed by atoms with E-state index in [0.29, 0.717) is 22.3 Å². The van der Waals surface area contributed by atoms with Gasteiger partial charge in [0.25, 0.3) is 0 Å². The van der Waals surface area contributed by atoms with Crippen LogP contribution in [0.25, 0.3) is 0 Å². The third-order valence-electron chi connectivity index (χ3n) is 2.64. The molecule has 21 heavy (non-hydrogen) atoms. The Labute approximate surface area is 131 Å². The van der Waals surface area contributed by atoms with E-state index in [1.165, 1.54) is 6.92 Å². The number of hydrogen-bond donors (Lipinski definition) is 1. The Morgan fingerprint density at radius 1 is 1.05 bits per heavy atom. The van der Waals surface area contributed by atoms with Gasteiger partial charge in [0.2, 0.25) is 0 Å². The summed E-state index contributed by atoms with van der Waals surface area (Å²) < 4.78 is 11.0. The molecule has 0 aliphatic rings. The van der Waals surface area contributed by atoms with Crippen LogP contribution in [-0.2, 0) is 4.79 Å². The lowest BCUT2D eigenvalue weighted by Crippen LogP contribution is -2.23. The number of halogens is 2. The summed E-state index contributed by atoms with van der Waals surface area (Å²) in [6, 6.07) is 11.7. The minimum Gasteiger partial charge on any atom is -0.479 e. The summed E-state index contributed by atoms with van der Waals surface area (Å²) in [6.07, 6.45) is -0.996. The maximum Gasteiger partial charge on any atom is 0.344 e. The Kier molecular flexibility index (Phi) is 4.94. The van der Waals surface area contributed by atoms with Gasteiger partial charge in [-0.2, -0.15) is 0 Å². The Balaban J connectivity index is 2.28. The van der Waals surface area contributed by atoms with E-state index in [-0.39, 0.29) is 5.02 Å². The molecule has 0 bridgehead atoms. The van der Waals surface area contributed by atoms with E-state index in [4.69, 9.17) is 37.8 Å². The smallest absolute Gasteiger partial charge is 0.344 e. The van der Waals surface area contributed by atoms with Gasteiger partial charge in [0.15, 0.2) is 17.6 Å². The van der Waals surface area contributed by atoms with Gasteiger partial charge in [-0.3, -0.25) is 0 Å². The predicted octanol–water partition coefficient (Wildman–Crippen LogP) is 4.64. The zero-order chi connectivity index (χ0) is 15.4. The molecule has 6 heteroatoms. The quantitative estimate of drug-likeness (QED) is 0.869. The van der Waals surface area contributed by atoms with Crippen LogP contribution in [0.4, 0.5) is 0 Å². The highest BCUT2D eigenvalue weighted by Gasteiger charge is 2.16. The van der Waals surface area contributed by atoms with Gasteiger partial charge in [-0.25, -0.2) is 4.79 Å². The number of aliphatic carboxylic acids is 1. The summed E-state index contributed by atoms with van der Waals surface area (Å²) in [5, 5.41) is 9.55. The lowest BCUT2D eigenvalue weighted by molar-refractivity contribution is -0.144. The highest BCUT2D eigenvalue weighted by atomic mass is 35.5. The summed E-state index contributed by atoms with van der Waals surface area (Å²) in [5.41, 5.74) is 0. The van der Waals surface area contributed by atoms with Gasteiger partial charge >= 0.3 is 5.97 Å². The van der Waals surface area contributed by atoms with E-state index < -0.39 is 12.1 Å². The first kappa shape index (κ1) is 15.5. The van der Waals surface area contributed by atoms with Gasteiger partial charge in [-0.05, 0) is 31.2 Å². The maximum atomic E-state index is 10.9. The fourth-order valence-electron chi connectivity index (χ4n) is 1.55. The number of hydrogen-bond acceptors (Lipinski definition) is 3. The molecule has 0 aromatic heterocycles.